The summed E-state index contributed by atoms with van der Waals surface area (Å²) in [6, 6.07) is -0.392. The maximum absolute atomic E-state index is 11.6. The van der Waals surface area contributed by atoms with Crippen molar-refractivity contribution in [2.24, 2.45) is 5.92 Å². The molecule has 0 aromatic carbocycles. The predicted octanol–water partition coefficient (Wildman–Crippen LogP) is 1.65. The fourth-order valence-corrected chi connectivity index (χ4v) is 1.25. The van der Waals surface area contributed by atoms with Crippen LogP contribution in [-0.4, -0.2) is 41.6 Å². The van der Waals surface area contributed by atoms with Gasteiger partial charge in [0.25, 0.3) is 0 Å². The van der Waals surface area contributed by atoms with E-state index in [1.54, 1.807) is 0 Å². The lowest BCUT2D eigenvalue weighted by Gasteiger charge is -2.22. The second-order valence-corrected chi connectivity index (χ2v) is 4.97. The molecule has 0 spiro atoms. The van der Waals surface area contributed by atoms with E-state index < -0.39 is 12.0 Å². The number of hydrogen-bond donors (Lipinski definition) is 2. The lowest BCUT2D eigenvalue weighted by atomic mass is 10.2. The molecule has 0 aliphatic heterocycles. The third kappa shape index (κ3) is 7.28. The van der Waals surface area contributed by atoms with Crippen LogP contribution >= 0.6 is 15.9 Å². The first kappa shape index (κ1) is 15.0. The topological polar surface area (TPSA) is 69.6 Å². The normalized spacial score (nSPS) is 10.0. The molecular formula is C10H17BrN2O3. The summed E-state index contributed by atoms with van der Waals surface area (Å²) >= 11 is 3.11. The summed E-state index contributed by atoms with van der Waals surface area (Å²) in [6.07, 6.45) is 0. The van der Waals surface area contributed by atoms with Gasteiger partial charge in [0.2, 0.25) is 0 Å². The number of carboxylic acid groups (broad SMARTS) is 1. The average molecular weight is 293 g/mol. The number of carboxylic acids is 1. The molecule has 92 valence electrons. The Morgan fingerprint density at radius 1 is 1.50 bits per heavy atom. The van der Waals surface area contributed by atoms with Crippen LogP contribution in [0.4, 0.5) is 4.79 Å². The first-order chi connectivity index (χ1) is 7.32. The molecule has 0 aromatic rings. The number of halogens is 1. The van der Waals surface area contributed by atoms with Gasteiger partial charge in [0.1, 0.15) is 6.54 Å². The van der Waals surface area contributed by atoms with Crippen molar-refractivity contribution in [3.8, 4) is 0 Å². The van der Waals surface area contributed by atoms with Crippen LogP contribution < -0.4 is 5.32 Å². The van der Waals surface area contributed by atoms with Crippen LogP contribution in [0.3, 0.4) is 0 Å². The van der Waals surface area contributed by atoms with Gasteiger partial charge in [-0.25, -0.2) is 4.79 Å². The van der Waals surface area contributed by atoms with Gasteiger partial charge in [-0.2, -0.15) is 0 Å². The highest BCUT2D eigenvalue weighted by atomic mass is 79.9. The van der Waals surface area contributed by atoms with Crippen molar-refractivity contribution in [3.05, 3.63) is 11.1 Å². The summed E-state index contributed by atoms with van der Waals surface area (Å²) in [7, 11) is 0. The molecule has 0 heterocycles. The van der Waals surface area contributed by atoms with Gasteiger partial charge in [-0.3, -0.25) is 4.79 Å². The SMILES string of the molecule is C=C(Br)CNC(=O)N(CC(=O)O)CC(C)C. The summed E-state index contributed by atoms with van der Waals surface area (Å²) < 4.78 is 0.640. The number of urea groups is 1. The highest BCUT2D eigenvalue weighted by molar-refractivity contribution is 9.11. The molecule has 2 amide bonds. The number of hydrogen-bond acceptors (Lipinski definition) is 2. The van der Waals surface area contributed by atoms with Gasteiger partial charge in [-0.1, -0.05) is 36.4 Å². The Morgan fingerprint density at radius 2 is 2.06 bits per heavy atom. The van der Waals surface area contributed by atoms with E-state index in [1.807, 2.05) is 13.8 Å². The maximum atomic E-state index is 11.6. The smallest absolute Gasteiger partial charge is 0.323 e. The number of rotatable bonds is 6. The van der Waals surface area contributed by atoms with Gasteiger partial charge < -0.3 is 15.3 Å². The molecule has 0 radical (unpaired) electrons. The number of amides is 2. The first-order valence-electron chi connectivity index (χ1n) is 4.90. The third-order valence-electron chi connectivity index (χ3n) is 1.63. The Labute approximate surface area is 104 Å². The molecule has 16 heavy (non-hydrogen) atoms. The van der Waals surface area contributed by atoms with E-state index in [9.17, 15) is 9.59 Å². The average Bonchev–Trinajstić information content (AvgIpc) is 2.11. The highest BCUT2D eigenvalue weighted by Crippen LogP contribution is 2.01. The lowest BCUT2D eigenvalue weighted by Crippen LogP contribution is -2.44. The van der Waals surface area contributed by atoms with Gasteiger partial charge >= 0.3 is 12.0 Å². The molecule has 5 nitrogen and oxygen atoms in total. The Balaban J connectivity index is 4.31. The van der Waals surface area contributed by atoms with E-state index in [-0.39, 0.29) is 19.0 Å². The van der Waals surface area contributed by atoms with Crippen molar-refractivity contribution < 1.29 is 14.7 Å². The van der Waals surface area contributed by atoms with Crippen LogP contribution in [0.25, 0.3) is 0 Å². The summed E-state index contributed by atoms with van der Waals surface area (Å²) in [4.78, 5) is 23.5. The van der Waals surface area contributed by atoms with Gasteiger partial charge in [-0.15, -0.1) is 0 Å². The van der Waals surface area contributed by atoms with Crippen molar-refractivity contribution in [1.29, 1.82) is 0 Å². The highest BCUT2D eigenvalue weighted by Gasteiger charge is 2.17. The van der Waals surface area contributed by atoms with Crippen LogP contribution in [-0.2, 0) is 4.79 Å². The van der Waals surface area contributed by atoms with Crippen molar-refractivity contribution in [3.63, 3.8) is 0 Å². The largest absolute Gasteiger partial charge is 0.480 e. The molecule has 0 atom stereocenters. The molecular weight excluding hydrogens is 276 g/mol. The quantitative estimate of drug-likeness (QED) is 0.782. The summed E-state index contributed by atoms with van der Waals surface area (Å²) in [5, 5.41) is 11.2. The van der Waals surface area contributed by atoms with E-state index in [0.29, 0.717) is 11.0 Å². The minimum Gasteiger partial charge on any atom is -0.480 e. The summed E-state index contributed by atoms with van der Waals surface area (Å²) in [5.41, 5.74) is 0. The van der Waals surface area contributed by atoms with E-state index >= 15 is 0 Å². The minimum absolute atomic E-state index is 0.220. The number of carbonyl (C=O) groups excluding carboxylic acids is 1. The molecule has 0 saturated heterocycles. The van der Waals surface area contributed by atoms with Gasteiger partial charge in [0.05, 0.1) is 6.54 Å². The van der Waals surface area contributed by atoms with Crippen molar-refractivity contribution >= 4 is 27.9 Å². The van der Waals surface area contributed by atoms with Gasteiger partial charge in [0.15, 0.2) is 0 Å². The second kappa shape index (κ2) is 7.27. The monoisotopic (exact) mass is 292 g/mol. The third-order valence-corrected chi connectivity index (χ3v) is 1.91. The number of aliphatic carboxylic acids is 1. The van der Waals surface area contributed by atoms with Crippen LogP contribution in [0.15, 0.2) is 11.1 Å². The van der Waals surface area contributed by atoms with Crippen molar-refractivity contribution in [1.82, 2.24) is 10.2 Å². The van der Waals surface area contributed by atoms with Crippen LogP contribution in [0.1, 0.15) is 13.8 Å². The summed E-state index contributed by atoms with van der Waals surface area (Å²) in [6.45, 7) is 7.82. The van der Waals surface area contributed by atoms with Crippen molar-refractivity contribution in [2.75, 3.05) is 19.6 Å². The second-order valence-electron chi connectivity index (χ2n) is 3.84. The number of nitrogens with one attached hydrogen (secondary N) is 1. The molecule has 0 unspecified atom stereocenters. The molecule has 0 fully saturated rings. The zero-order valence-corrected chi connectivity index (χ0v) is 11.1. The molecule has 0 aromatic heterocycles. The first-order valence-corrected chi connectivity index (χ1v) is 5.70. The van der Waals surface area contributed by atoms with Gasteiger partial charge in [0, 0.05) is 11.0 Å². The maximum Gasteiger partial charge on any atom is 0.323 e. The molecule has 2 N–H and O–H groups in total. The van der Waals surface area contributed by atoms with E-state index in [2.05, 4.69) is 27.8 Å². The number of nitrogens with zero attached hydrogens (tertiary/aromatic N) is 1. The standard InChI is InChI=1S/C10H17BrN2O3/c1-7(2)5-13(6-9(14)15)10(16)12-4-8(3)11/h7H,3-6H2,1-2H3,(H,12,16)(H,14,15). The zero-order chi connectivity index (χ0) is 12.7. The fourth-order valence-electron chi connectivity index (χ4n) is 1.11. The Bertz CT molecular complexity index is 279. The van der Waals surface area contributed by atoms with E-state index in [0.717, 1.165) is 0 Å². The molecule has 0 rings (SSSR count). The van der Waals surface area contributed by atoms with Crippen LogP contribution in [0, 0.1) is 5.92 Å². The molecule has 0 aliphatic carbocycles. The lowest BCUT2D eigenvalue weighted by molar-refractivity contribution is -0.137. The predicted molar refractivity (Wildman–Crippen MR) is 65.5 cm³/mol. The Kier molecular flexibility index (Phi) is 6.80. The van der Waals surface area contributed by atoms with Crippen LogP contribution in [0.2, 0.25) is 0 Å². The Morgan fingerprint density at radius 3 is 2.44 bits per heavy atom. The van der Waals surface area contributed by atoms with E-state index in [4.69, 9.17) is 5.11 Å². The van der Waals surface area contributed by atoms with Crippen molar-refractivity contribution in [2.45, 2.75) is 13.8 Å². The zero-order valence-electron chi connectivity index (χ0n) is 9.49. The number of carbonyl (C=O) groups is 2. The molecule has 0 aliphatic rings. The van der Waals surface area contributed by atoms with Gasteiger partial charge in [-0.05, 0) is 5.92 Å². The molecule has 0 saturated carbocycles. The minimum atomic E-state index is -1.02. The molecule has 0 bridgehead atoms. The van der Waals surface area contributed by atoms with E-state index in [1.165, 1.54) is 4.90 Å². The van der Waals surface area contributed by atoms with Crippen LogP contribution in [0.5, 0.6) is 0 Å². The Hall–Kier alpha value is -1.04. The molecule has 6 heteroatoms. The fraction of sp³-hybridized carbons (Fsp3) is 0.600. The summed E-state index contributed by atoms with van der Waals surface area (Å²) in [5.74, 6) is -0.800.